The van der Waals surface area contributed by atoms with E-state index in [2.05, 4.69) is 59.9 Å². The van der Waals surface area contributed by atoms with Crippen molar-refractivity contribution in [3.8, 4) is 11.1 Å². The lowest BCUT2D eigenvalue weighted by molar-refractivity contribution is 0.0528. The largest absolute Gasteiger partial charge is 0.462 e. The second kappa shape index (κ2) is 9.98. The maximum atomic E-state index is 13.0. The van der Waals surface area contributed by atoms with E-state index in [0.29, 0.717) is 24.6 Å². The molecule has 1 aliphatic rings. The molecule has 1 saturated carbocycles. The molecule has 0 spiro atoms. The van der Waals surface area contributed by atoms with Gasteiger partial charge in [-0.25, -0.2) is 4.79 Å². The highest BCUT2D eigenvalue weighted by atomic mass is 32.1. The highest BCUT2D eigenvalue weighted by Crippen LogP contribution is 2.44. The van der Waals surface area contributed by atoms with Crippen LogP contribution in [-0.4, -0.2) is 18.9 Å². The van der Waals surface area contributed by atoms with E-state index in [-0.39, 0.29) is 5.97 Å². The van der Waals surface area contributed by atoms with Gasteiger partial charge in [0.15, 0.2) is 0 Å². The highest BCUT2D eigenvalue weighted by Gasteiger charge is 2.25. The summed E-state index contributed by atoms with van der Waals surface area (Å²) in [7, 11) is 0. The summed E-state index contributed by atoms with van der Waals surface area (Å²) >= 11 is 1.62. The Morgan fingerprint density at radius 1 is 1.06 bits per heavy atom. The van der Waals surface area contributed by atoms with Crippen molar-refractivity contribution in [2.75, 3.05) is 6.61 Å². The number of esters is 1. The van der Waals surface area contributed by atoms with Crippen LogP contribution in [0.3, 0.4) is 0 Å². The van der Waals surface area contributed by atoms with Crippen molar-refractivity contribution in [3.63, 3.8) is 0 Å². The molecule has 5 rings (SSSR count). The van der Waals surface area contributed by atoms with Crippen LogP contribution in [0, 0.1) is 5.41 Å². The third-order valence-corrected chi connectivity index (χ3v) is 8.05. The summed E-state index contributed by atoms with van der Waals surface area (Å²) < 4.78 is 6.55. The van der Waals surface area contributed by atoms with E-state index in [1.54, 1.807) is 11.3 Å². The summed E-state index contributed by atoms with van der Waals surface area (Å²) in [4.78, 5) is 13.9. The number of thiophene rings is 1. The van der Waals surface area contributed by atoms with Crippen LogP contribution >= 0.6 is 11.3 Å². The summed E-state index contributed by atoms with van der Waals surface area (Å²) in [5.74, 6) is 0.216. The van der Waals surface area contributed by atoms with Gasteiger partial charge in [-0.3, -0.25) is 5.41 Å². The van der Waals surface area contributed by atoms with Crippen LogP contribution < -0.4 is 5.32 Å². The van der Waals surface area contributed by atoms with Crippen molar-refractivity contribution in [2.24, 2.45) is 0 Å². The first kappa shape index (κ1) is 22.6. The molecule has 4 aromatic rings. The van der Waals surface area contributed by atoms with Crippen molar-refractivity contribution in [3.05, 3.63) is 70.6 Å². The van der Waals surface area contributed by atoms with E-state index in [0.717, 1.165) is 15.0 Å². The Balaban J connectivity index is 1.77. The molecular weight excluding hydrogens is 440 g/mol. The van der Waals surface area contributed by atoms with E-state index >= 15 is 0 Å². The minimum absolute atomic E-state index is 0.275. The number of hydrogen-bond donors (Lipinski definition) is 2. The predicted octanol–water partition coefficient (Wildman–Crippen LogP) is 7.64. The van der Waals surface area contributed by atoms with Crippen molar-refractivity contribution in [2.45, 2.75) is 51.5 Å². The molecule has 0 radical (unpaired) electrons. The zero-order chi connectivity index (χ0) is 23.5. The van der Waals surface area contributed by atoms with Gasteiger partial charge >= 0.3 is 5.97 Å². The van der Waals surface area contributed by atoms with E-state index in [1.165, 1.54) is 65.9 Å². The van der Waals surface area contributed by atoms with Gasteiger partial charge in [-0.2, -0.15) is 0 Å². The lowest BCUT2D eigenvalue weighted by atomic mass is 9.79. The third kappa shape index (κ3) is 4.21. The quantitative estimate of drug-likeness (QED) is 0.166. The Hall–Kier alpha value is -3.18. The van der Waals surface area contributed by atoms with Gasteiger partial charge in [0, 0.05) is 15.0 Å². The van der Waals surface area contributed by atoms with Crippen LogP contribution in [0.4, 0.5) is 0 Å². The summed E-state index contributed by atoms with van der Waals surface area (Å²) in [5, 5.41) is 13.8. The molecule has 0 aliphatic heterocycles. The van der Waals surface area contributed by atoms with Crippen LogP contribution in [0.25, 0.3) is 32.0 Å². The number of hydrogen-bond acceptors (Lipinski definition) is 4. The van der Waals surface area contributed by atoms with Crippen LogP contribution in [0.1, 0.15) is 65.7 Å². The van der Waals surface area contributed by atoms with Crippen molar-refractivity contribution < 1.29 is 9.53 Å². The summed E-state index contributed by atoms with van der Waals surface area (Å²) in [6.07, 6.45) is 7.35. The molecule has 0 amide bonds. The van der Waals surface area contributed by atoms with Crippen molar-refractivity contribution in [1.82, 2.24) is 5.32 Å². The van der Waals surface area contributed by atoms with Gasteiger partial charge in [-0.15, -0.1) is 11.3 Å². The van der Waals surface area contributed by atoms with E-state index in [9.17, 15) is 4.79 Å². The van der Waals surface area contributed by atoms with Gasteiger partial charge in [-0.05, 0) is 65.3 Å². The Morgan fingerprint density at radius 2 is 1.85 bits per heavy atom. The highest BCUT2D eigenvalue weighted by molar-refractivity contribution is 7.19. The normalized spacial score (nSPS) is 14.4. The zero-order valence-electron chi connectivity index (χ0n) is 19.5. The standard InChI is InChI=1S/C29H30N2O2S/c1-2-33-29(32)28-25-15-23(20-9-4-3-5-10-20)24(16-26(25)34-27(28)17-31-18-30)22-14-8-12-19-11-6-7-13-21(19)22/h6-8,11-16,18,20H,2-5,9-10,17H2,1H3,(H2,30,31). The molecular formula is C29H30N2O2S. The van der Waals surface area contributed by atoms with Gasteiger partial charge in [0.05, 0.1) is 25.1 Å². The minimum Gasteiger partial charge on any atom is -0.462 e. The second-order valence-electron chi connectivity index (χ2n) is 8.94. The summed E-state index contributed by atoms with van der Waals surface area (Å²) in [6.45, 7) is 2.63. The average Bonchev–Trinajstić information content (AvgIpc) is 3.24. The fourth-order valence-corrected chi connectivity index (χ4v) is 6.51. The maximum absolute atomic E-state index is 13.0. The number of fused-ring (bicyclic) bond motifs is 2. The van der Waals surface area contributed by atoms with Crippen LogP contribution in [-0.2, 0) is 11.3 Å². The maximum Gasteiger partial charge on any atom is 0.339 e. The molecule has 0 atom stereocenters. The Bertz CT molecular complexity index is 1350. The summed E-state index contributed by atoms with van der Waals surface area (Å²) in [5.41, 5.74) is 4.53. The van der Waals surface area contributed by atoms with Gasteiger partial charge in [0.1, 0.15) is 0 Å². The molecule has 0 saturated heterocycles. The van der Waals surface area contributed by atoms with Crippen LogP contribution in [0.5, 0.6) is 0 Å². The summed E-state index contributed by atoms with van der Waals surface area (Å²) in [6, 6.07) is 19.7. The van der Waals surface area contributed by atoms with Crippen molar-refractivity contribution >= 4 is 44.5 Å². The number of carbonyl (C=O) groups excluding carboxylic acids is 1. The van der Waals surface area contributed by atoms with Crippen LogP contribution in [0.2, 0.25) is 0 Å². The Kier molecular flexibility index (Phi) is 6.63. The van der Waals surface area contributed by atoms with E-state index in [1.807, 2.05) is 6.92 Å². The molecule has 3 aromatic carbocycles. The molecule has 174 valence electrons. The zero-order valence-corrected chi connectivity index (χ0v) is 20.3. The number of rotatable bonds is 7. The fourth-order valence-electron chi connectivity index (χ4n) is 5.35. The lowest BCUT2D eigenvalue weighted by Crippen LogP contribution is -2.13. The van der Waals surface area contributed by atoms with Crippen molar-refractivity contribution in [1.29, 1.82) is 5.41 Å². The molecule has 34 heavy (non-hydrogen) atoms. The van der Waals surface area contributed by atoms with Gasteiger partial charge < -0.3 is 10.1 Å². The third-order valence-electron chi connectivity index (χ3n) is 6.90. The predicted molar refractivity (Wildman–Crippen MR) is 142 cm³/mol. The van der Waals surface area contributed by atoms with E-state index < -0.39 is 0 Å². The van der Waals surface area contributed by atoms with Gasteiger partial charge in [0.2, 0.25) is 0 Å². The topological polar surface area (TPSA) is 62.2 Å². The van der Waals surface area contributed by atoms with Crippen LogP contribution in [0.15, 0.2) is 54.6 Å². The van der Waals surface area contributed by atoms with Gasteiger partial charge in [-0.1, -0.05) is 61.7 Å². The fraction of sp³-hybridized carbons (Fsp3) is 0.310. The second-order valence-corrected chi connectivity index (χ2v) is 10.1. The van der Waals surface area contributed by atoms with E-state index in [4.69, 9.17) is 10.1 Å². The Labute approximate surface area is 204 Å². The monoisotopic (exact) mass is 470 g/mol. The average molecular weight is 471 g/mol. The SMILES string of the molecule is CCOC(=O)c1c(CNC=N)sc2cc(-c3cccc4ccccc34)c(C3CCCCC3)cc12. The molecule has 4 nitrogen and oxygen atoms in total. The first-order chi connectivity index (χ1) is 16.7. The smallest absolute Gasteiger partial charge is 0.339 e. The number of ether oxygens (including phenoxy) is 1. The van der Waals surface area contributed by atoms with Gasteiger partial charge in [0.25, 0.3) is 0 Å². The molecule has 1 aromatic heterocycles. The molecule has 0 unspecified atom stereocenters. The molecule has 2 N–H and O–H groups in total. The molecule has 0 bridgehead atoms. The first-order valence-corrected chi connectivity index (χ1v) is 13.0. The molecule has 5 heteroatoms. The number of benzene rings is 3. The number of nitrogens with one attached hydrogen (secondary N) is 2. The minimum atomic E-state index is -0.275. The first-order valence-electron chi connectivity index (χ1n) is 12.2. The lowest BCUT2D eigenvalue weighted by Gasteiger charge is -2.25. The molecule has 1 fully saturated rings. The molecule has 1 heterocycles. The Morgan fingerprint density at radius 3 is 2.65 bits per heavy atom. The molecule has 1 aliphatic carbocycles. The number of carbonyl (C=O) groups is 1.